The first-order valence-electron chi connectivity index (χ1n) is 8.60. The van der Waals surface area contributed by atoms with E-state index in [9.17, 15) is 19.5 Å². The Morgan fingerprint density at radius 2 is 2.08 bits per heavy atom. The zero-order valence-corrected chi connectivity index (χ0v) is 14.4. The number of carboxylic acid groups (broad SMARTS) is 1. The van der Waals surface area contributed by atoms with Gasteiger partial charge in [0.05, 0.1) is 11.5 Å². The molecule has 1 atom stereocenters. The number of nitrogens with zero attached hydrogens (tertiary/aromatic N) is 3. The quantitative estimate of drug-likeness (QED) is 0.877. The zero-order valence-electron chi connectivity index (χ0n) is 14.4. The van der Waals surface area contributed by atoms with Gasteiger partial charge < -0.3 is 14.9 Å². The lowest BCUT2D eigenvalue weighted by molar-refractivity contribution is -0.147. The van der Waals surface area contributed by atoms with E-state index in [0.717, 1.165) is 5.56 Å². The van der Waals surface area contributed by atoms with Crippen LogP contribution in [-0.4, -0.2) is 63.4 Å². The second-order valence-electron chi connectivity index (χ2n) is 6.89. The highest BCUT2D eigenvalue weighted by Crippen LogP contribution is 2.42. The van der Waals surface area contributed by atoms with E-state index in [-0.39, 0.29) is 18.2 Å². The number of hydrogen-bond acceptors (Lipinski definition) is 4. The molecule has 0 unspecified atom stereocenters. The van der Waals surface area contributed by atoms with Gasteiger partial charge in [0.25, 0.3) is 0 Å². The molecule has 1 aromatic rings. The summed E-state index contributed by atoms with van der Waals surface area (Å²) in [4.78, 5) is 43.5. The summed E-state index contributed by atoms with van der Waals surface area (Å²) in [5.41, 5.74) is 0.375. The summed E-state index contributed by atoms with van der Waals surface area (Å²) < 4.78 is 0. The van der Waals surface area contributed by atoms with Gasteiger partial charge in [0, 0.05) is 45.4 Å². The largest absolute Gasteiger partial charge is 0.481 e. The van der Waals surface area contributed by atoms with E-state index in [1.54, 1.807) is 29.2 Å². The zero-order chi connectivity index (χ0) is 18.0. The van der Waals surface area contributed by atoms with Crippen molar-refractivity contribution in [1.29, 1.82) is 0 Å². The van der Waals surface area contributed by atoms with Crippen LogP contribution in [0.25, 0.3) is 0 Å². The maximum atomic E-state index is 12.4. The number of piperidine rings is 1. The van der Waals surface area contributed by atoms with Gasteiger partial charge in [-0.3, -0.25) is 19.4 Å². The molecule has 2 amide bonds. The topological polar surface area (TPSA) is 90.8 Å². The Morgan fingerprint density at radius 3 is 2.68 bits per heavy atom. The van der Waals surface area contributed by atoms with Crippen LogP contribution in [0, 0.1) is 5.92 Å². The number of rotatable bonds is 4. The Bertz CT molecular complexity index is 668. The van der Waals surface area contributed by atoms with Crippen LogP contribution in [0.5, 0.6) is 0 Å². The van der Waals surface area contributed by atoms with Crippen molar-refractivity contribution in [2.45, 2.75) is 37.6 Å². The Balaban J connectivity index is 1.60. The number of amides is 2. The van der Waals surface area contributed by atoms with Crippen molar-refractivity contribution in [3.05, 3.63) is 30.1 Å². The lowest BCUT2D eigenvalue weighted by Crippen LogP contribution is -2.57. The third-order valence-electron chi connectivity index (χ3n) is 5.70. The van der Waals surface area contributed by atoms with Gasteiger partial charge in [-0.2, -0.15) is 0 Å². The standard InChI is InChI=1S/C18H23N3O4/c1-20-16(23)11-14(17(24)25)18(20)6-9-21(10-7-18)15(22)5-4-13-3-2-8-19-12-13/h2-3,8,12,14H,4-7,9-11H2,1H3,(H,24,25)/t14-/m1/s1. The molecule has 0 aromatic carbocycles. The highest BCUT2D eigenvalue weighted by molar-refractivity contribution is 5.88. The Hall–Kier alpha value is -2.44. The molecule has 7 heteroatoms. The SMILES string of the molecule is CN1C(=O)C[C@H](C(=O)O)C12CCN(C(=O)CCc1cccnc1)CC2. The van der Waals surface area contributed by atoms with E-state index in [0.29, 0.717) is 38.8 Å². The van der Waals surface area contributed by atoms with Crippen LogP contribution in [0.4, 0.5) is 0 Å². The summed E-state index contributed by atoms with van der Waals surface area (Å²) >= 11 is 0. The Labute approximate surface area is 146 Å². The Morgan fingerprint density at radius 1 is 1.36 bits per heavy atom. The minimum atomic E-state index is -0.922. The Kier molecular flexibility index (Phi) is 4.74. The van der Waals surface area contributed by atoms with Gasteiger partial charge in [0.1, 0.15) is 0 Å². The number of carbonyl (C=O) groups excluding carboxylic acids is 2. The minimum Gasteiger partial charge on any atom is -0.481 e. The highest BCUT2D eigenvalue weighted by Gasteiger charge is 2.55. The number of carboxylic acids is 1. The average molecular weight is 345 g/mol. The number of carbonyl (C=O) groups is 3. The normalized spacial score (nSPS) is 22.4. The van der Waals surface area contributed by atoms with E-state index < -0.39 is 17.4 Å². The fraction of sp³-hybridized carbons (Fsp3) is 0.556. The number of aryl methyl sites for hydroxylation is 1. The number of pyridine rings is 1. The van der Waals surface area contributed by atoms with Crippen LogP contribution >= 0.6 is 0 Å². The summed E-state index contributed by atoms with van der Waals surface area (Å²) in [6.45, 7) is 0.987. The molecule has 2 aliphatic heterocycles. The first-order valence-corrected chi connectivity index (χ1v) is 8.60. The molecule has 7 nitrogen and oxygen atoms in total. The lowest BCUT2D eigenvalue weighted by atomic mass is 9.77. The minimum absolute atomic E-state index is 0.0563. The number of likely N-dealkylation sites (tertiary alicyclic amines) is 2. The van der Waals surface area contributed by atoms with Crippen LogP contribution in [0.15, 0.2) is 24.5 Å². The van der Waals surface area contributed by atoms with Crippen LogP contribution in [0.3, 0.4) is 0 Å². The van der Waals surface area contributed by atoms with E-state index >= 15 is 0 Å². The first-order chi connectivity index (χ1) is 11.9. The molecule has 1 aromatic heterocycles. The molecule has 1 N–H and O–H groups in total. The molecule has 2 aliphatic rings. The maximum Gasteiger partial charge on any atom is 0.309 e. The van der Waals surface area contributed by atoms with E-state index in [1.807, 2.05) is 12.1 Å². The van der Waals surface area contributed by atoms with Gasteiger partial charge in [-0.05, 0) is 30.9 Å². The molecule has 0 bridgehead atoms. The van der Waals surface area contributed by atoms with Crippen LogP contribution < -0.4 is 0 Å². The molecule has 3 rings (SSSR count). The fourth-order valence-electron chi connectivity index (χ4n) is 4.08. The smallest absolute Gasteiger partial charge is 0.309 e. The van der Waals surface area contributed by atoms with Gasteiger partial charge in [-0.1, -0.05) is 6.07 Å². The molecule has 2 fully saturated rings. The molecule has 134 valence electrons. The van der Waals surface area contributed by atoms with Crippen LogP contribution in [-0.2, 0) is 20.8 Å². The summed E-state index contributed by atoms with van der Waals surface area (Å²) in [6, 6.07) is 3.80. The molecule has 0 radical (unpaired) electrons. The molecule has 0 aliphatic carbocycles. The van der Waals surface area contributed by atoms with E-state index in [1.165, 1.54) is 0 Å². The lowest BCUT2D eigenvalue weighted by Gasteiger charge is -2.45. The van der Waals surface area contributed by atoms with Gasteiger partial charge in [0.15, 0.2) is 0 Å². The molecule has 3 heterocycles. The van der Waals surface area contributed by atoms with Crippen molar-refractivity contribution in [3.63, 3.8) is 0 Å². The molecular weight excluding hydrogens is 322 g/mol. The summed E-state index contributed by atoms with van der Waals surface area (Å²) in [5.74, 6) is -1.66. The molecule has 2 saturated heterocycles. The van der Waals surface area contributed by atoms with Crippen molar-refractivity contribution in [2.75, 3.05) is 20.1 Å². The summed E-state index contributed by atoms with van der Waals surface area (Å²) in [7, 11) is 1.69. The number of aromatic nitrogens is 1. The van der Waals surface area contributed by atoms with E-state index in [4.69, 9.17) is 0 Å². The second kappa shape index (κ2) is 6.82. The first kappa shape index (κ1) is 17.4. The van der Waals surface area contributed by atoms with Crippen molar-refractivity contribution in [1.82, 2.24) is 14.8 Å². The third-order valence-corrected chi connectivity index (χ3v) is 5.70. The fourth-order valence-corrected chi connectivity index (χ4v) is 4.08. The van der Waals surface area contributed by atoms with E-state index in [2.05, 4.69) is 4.98 Å². The molecular formula is C18H23N3O4. The summed E-state index contributed by atoms with van der Waals surface area (Å²) in [6.07, 6.45) is 5.61. The third kappa shape index (κ3) is 3.23. The highest BCUT2D eigenvalue weighted by atomic mass is 16.4. The van der Waals surface area contributed by atoms with Gasteiger partial charge >= 0.3 is 5.97 Å². The predicted octanol–water partition coefficient (Wildman–Crippen LogP) is 0.938. The van der Waals surface area contributed by atoms with Crippen molar-refractivity contribution in [2.24, 2.45) is 5.92 Å². The van der Waals surface area contributed by atoms with Crippen LogP contribution in [0.2, 0.25) is 0 Å². The maximum absolute atomic E-state index is 12.4. The van der Waals surface area contributed by atoms with Gasteiger partial charge in [0.2, 0.25) is 11.8 Å². The monoisotopic (exact) mass is 345 g/mol. The average Bonchev–Trinajstić information content (AvgIpc) is 2.86. The van der Waals surface area contributed by atoms with Crippen molar-refractivity contribution in [3.8, 4) is 0 Å². The van der Waals surface area contributed by atoms with Crippen molar-refractivity contribution >= 4 is 17.8 Å². The van der Waals surface area contributed by atoms with Gasteiger partial charge in [-0.15, -0.1) is 0 Å². The van der Waals surface area contributed by atoms with Crippen LogP contribution in [0.1, 0.15) is 31.2 Å². The second-order valence-corrected chi connectivity index (χ2v) is 6.89. The van der Waals surface area contributed by atoms with Crippen molar-refractivity contribution < 1.29 is 19.5 Å². The molecule has 1 spiro atoms. The number of aliphatic carboxylic acids is 1. The molecule has 0 saturated carbocycles. The summed E-state index contributed by atoms with van der Waals surface area (Å²) in [5, 5.41) is 9.49. The molecule has 25 heavy (non-hydrogen) atoms. The predicted molar refractivity (Wildman–Crippen MR) is 89.6 cm³/mol. The number of hydrogen-bond donors (Lipinski definition) is 1. The van der Waals surface area contributed by atoms with Gasteiger partial charge in [-0.25, -0.2) is 0 Å².